The van der Waals surface area contributed by atoms with Gasteiger partial charge in [-0.2, -0.15) is 0 Å². The zero-order chi connectivity index (χ0) is 17.6. The first-order valence-electron chi connectivity index (χ1n) is 8.20. The standard InChI is InChI=1S/C19H19IN2O2S/c20-14-7-9-15(10-8-14)21-19(24)16-5-1-2-6-17(16)25-13-18(23)22-11-3-4-12-22/h1-2,5-10H,3-4,11-13H2,(H,21,24). The van der Waals surface area contributed by atoms with Gasteiger partial charge in [0.05, 0.1) is 11.3 Å². The van der Waals surface area contributed by atoms with Gasteiger partial charge in [-0.1, -0.05) is 12.1 Å². The molecule has 6 heteroatoms. The molecule has 1 heterocycles. The van der Waals surface area contributed by atoms with Crippen LogP contribution in [0.2, 0.25) is 0 Å². The Kier molecular flexibility index (Phi) is 6.36. The SMILES string of the molecule is O=C(Nc1ccc(I)cc1)c1ccccc1SCC(=O)N1CCCC1. The zero-order valence-corrected chi connectivity index (χ0v) is 16.7. The predicted molar refractivity (Wildman–Crippen MR) is 110 cm³/mol. The van der Waals surface area contributed by atoms with Crippen molar-refractivity contribution >= 4 is 51.9 Å². The molecule has 1 fully saturated rings. The fourth-order valence-corrected chi connectivity index (χ4v) is 4.02. The van der Waals surface area contributed by atoms with Crippen LogP contribution in [0.3, 0.4) is 0 Å². The van der Waals surface area contributed by atoms with Gasteiger partial charge >= 0.3 is 0 Å². The highest BCUT2D eigenvalue weighted by molar-refractivity contribution is 14.1. The molecule has 1 aliphatic heterocycles. The zero-order valence-electron chi connectivity index (χ0n) is 13.7. The lowest BCUT2D eigenvalue weighted by molar-refractivity contribution is -0.127. The van der Waals surface area contributed by atoms with Crippen LogP contribution >= 0.6 is 34.4 Å². The first-order valence-corrected chi connectivity index (χ1v) is 10.3. The highest BCUT2D eigenvalue weighted by Crippen LogP contribution is 2.25. The number of likely N-dealkylation sites (tertiary alicyclic amines) is 1. The summed E-state index contributed by atoms with van der Waals surface area (Å²) in [5.74, 6) is 0.363. The Balaban J connectivity index is 1.66. The molecule has 1 aliphatic rings. The van der Waals surface area contributed by atoms with Crippen molar-refractivity contribution in [2.45, 2.75) is 17.7 Å². The highest BCUT2D eigenvalue weighted by atomic mass is 127. The van der Waals surface area contributed by atoms with Crippen LogP contribution < -0.4 is 5.32 Å². The third kappa shape index (κ3) is 4.98. The molecule has 0 aliphatic carbocycles. The average Bonchev–Trinajstić information content (AvgIpc) is 3.16. The van der Waals surface area contributed by atoms with Crippen LogP contribution in [0.25, 0.3) is 0 Å². The van der Waals surface area contributed by atoms with E-state index in [0.29, 0.717) is 11.3 Å². The summed E-state index contributed by atoms with van der Waals surface area (Å²) >= 11 is 3.66. The van der Waals surface area contributed by atoms with E-state index in [1.54, 1.807) is 6.07 Å². The molecule has 3 rings (SSSR count). The molecule has 0 radical (unpaired) electrons. The van der Waals surface area contributed by atoms with Gasteiger partial charge in [0.25, 0.3) is 5.91 Å². The van der Waals surface area contributed by atoms with Crippen LogP contribution in [0.15, 0.2) is 53.4 Å². The fourth-order valence-electron chi connectivity index (χ4n) is 2.71. The Morgan fingerprint density at radius 2 is 1.72 bits per heavy atom. The van der Waals surface area contributed by atoms with Gasteiger partial charge in [0.1, 0.15) is 0 Å². The number of nitrogens with zero attached hydrogens (tertiary/aromatic N) is 1. The van der Waals surface area contributed by atoms with Gasteiger partial charge in [-0.3, -0.25) is 9.59 Å². The van der Waals surface area contributed by atoms with E-state index in [1.807, 2.05) is 47.4 Å². The summed E-state index contributed by atoms with van der Waals surface area (Å²) in [5, 5.41) is 2.92. The van der Waals surface area contributed by atoms with Crippen molar-refractivity contribution in [1.29, 1.82) is 0 Å². The third-order valence-electron chi connectivity index (χ3n) is 4.04. The summed E-state index contributed by atoms with van der Waals surface area (Å²) in [4.78, 5) is 27.6. The number of carbonyl (C=O) groups excluding carboxylic acids is 2. The lowest BCUT2D eigenvalue weighted by Gasteiger charge is -2.15. The summed E-state index contributed by atoms with van der Waals surface area (Å²) < 4.78 is 1.12. The number of carbonyl (C=O) groups is 2. The van der Waals surface area contributed by atoms with E-state index >= 15 is 0 Å². The molecule has 130 valence electrons. The molecule has 0 unspecified atom stereocenters. The van der Waals surface area contributed by atoms with Crippen LogP contribution in [-0.4, -0.2) is 35.6 Å². The van der Waals surface area contributed by atoms with Crippen LogP contribution in [0.1, 0.15) is 23.2 Å². The molecule has 0 spiro atoms. The molecule has 1 saturated heterocycles. The van der Waals surface area contributed by atoms with E-state index in [1.165, 1.54) is 11.8 Å². The lowest BCUT2D eigenvalue weighted by Crippen LogP contribution is -2.29. The maximum atomic E-state index is 12.6. The summed E-state index contributed by atoms with van der Waals surface area (Å²) in [5.41, 5.74) is 1.36. The number of halogens is 1. The Hall–Kier alpha value is -1.54. The molecule has 2 aromatic rings. The van der Waals surface area contributed by atoms with Crippen LogP contribution in [0.4, 0.5) is 5.69 Å². The van der Waals surface area contributed by atoms with E-state index in [4.69, 9.17) is 0 Å². The number of benzene rings is 2. The van der Waals surface area contributed by atoms with Crippen molar-refractivity contribution in [2.75, 3.05) is 24.2 Å². The smallest absolute Gasteiger partial charge is 0.256 e. The van der Waals surface area contributed by atoms with E-state index < -0.39 is 0 Å². The summed E-state index contributed by atoms with van der Waals surface area (Å²) in [6, 6.07) is 15.1. The molecular weight excluding hydrogens is 447 g/mol. The first kappa shape index (κ1) is 18.3. The molecule has 4 nitrogen and oxygen atoms in total. The summed E-state index contributed by atoms with van der Waals surface area (Å²) in [6.45, 7) is 1.71. The van der Waals surface area contributed by atoms with E-state index in [2.05, 4.69) is 27.9 Å². The van der Waals surface area contributed by atoms with Crippen LogP contribution in [0.5, 0.6) is 0 Å². The van der Waals surface area contributed by atoms with Gasteiger partial charge in [0.2, 0.25) is 5.91 Å². The number of amides is 2. The largest absolute Gasteiger partial charge is 0.342 e. The van der Waals surface area contributed by atoms with Crippen molar-refractivity contribution in [1.82, 2.24) is 4.90 Å². The number of hydrogen-bond donors (Lipinski definition) is 1. The molecule has 2 amide bonds. The molecule has 0 saturated carbocycles. The Labute approximate surface area is 165 Å². The molecule has 25 heavy (non-hydrogen) atoms. The number of anilines is 1. The molecule has 0 aromatic heterocycles. The maximum absolute atomic E-state index is 12.6. The maximum Gasteiger partial charge on any atom is 0.256 e. The van der Waals surface area contributed by atoms with E-state index in [0.717, 1.165) is 40.1 Å². The van der Waals surface area contributed by atoms with Gasteiger partial charge in [-0.05, 0) is 71.8 Å². The van der Waals surface area contributed by atoms with Crippen LogP contribution in [0, 0.1) is 3.57 Å². The van der Waals surface area contributed by atoms with Crippen molar-refractivity contribution in [3.63, 3.8) is 0 Å². The van der Waals surface area contributed by atoms with Crippen LogP contribution in [-0.2, 0) is 4.79 Å². The van der Waals surface area contributed by atoms with Crippen molar-refractivity contribution < 1.29 is 9.59 Å². The van der Waals surface area contributed by atoms with E-state index in [9.17, 15) is 9.59 Å². The topological polar surface area (TPSA) is 49.4 Å². The third-order valence-corrected chi connectivity index (χ3v) is 5.82. The lowest BCUT2D eigenvalue weighted by atomic mass is 10.2. The molecule has 2 aromatic carbocycles. The monoisotopic (exact) mass is 466 g/mol. The van der Waals surface area contributed by atoms with Gasteiger partial charge in [-0.15, -0.1) is 11.8 Å². The number of hydrogen-bond acceptors (Lipinski definition) is 3. The van der Waals surface area contributed by atoms with Crippen molar-refractivity contribution in [3.8, 4) is 0 Å². The predicted octanol–water partition coefficient (Wildman–Crippen LogP) is 4.26. The Morgan fingerprint density at radius 1 is 1.04 bits per heavy atom. The molecule has 0 atom stereocenters. The second kappa shape index (κ2) is 8.71. The minimum absolute atomic E-state index is 0.148. The Morgan fingerprint density at radius 3 is 2.44 bits per heavy atom. The molecular formula is C19H19IN2O2S. The summed E-state index contributed by atoms with van der Waals surface area (Å²) in [7, 11) is 0. The molecule has 0 bridgehead atoms. The van der Waals surface area contributed by atoms with Gasteiger partial charge in [0, 0.05) is 27.2 Å². The van der Waals surface area contributed by atoms with Crippen molar-refractivity contribution in [3.05, 3.63) is 57.7 Å². The molecule has 1 N–H and O–H groups in total. The van der Waals surface area contributed by atoms with Gasteiger partial charge < -0.3 is 10.2 Å². The minimum atomic E-state index is -0.155. The van der Waals surface area contributed by atoms with Crippen molar-refractivity contribution in [2.24, 2.45) is 0 Å². The number of nitrogens with one attached hydrogen (secondary N) is 1. The average molecular weight is 466 g/mol. The highest BCUT2D eigenvalue weighted by Gasteiger charge is 2.19. The second-order valence-electron chi connectivity index (χ2n) is 5.83. The fraction of sp³-hybridized carbons (Fsp3) is 0.263. The van der Waals surface area contributed by atoms with E-state index in [-0.39, 0.29) is 11.8 Å². The number of rotatable bonds is 5. The first-order chi connectivity index (χ1) is 12.1. The number of thioether (sulfide) groups is 1. The van der Waals surface area contributed by atoms with Gasteiger partial charge in [0.15, 0.2) is 0 Å². The second-order valence-corrected chi connectivity index (χ2v) is 8.10. The Bertz CT molecular complexity index is 758. The van der Waals surface area contributed by atoms with Gasteiger partial charge in [-0.25, -0.2) is 0 Å². The minimum Gasteiger partial charge on any atom is -0.342 e. The normalized spacial score (nSPS) is 13.7. The summed E-state index contributed by atoms with van der Waals surface area (Å²) in [6.07, 6.45) is 2.18. The quantitative estimate of drug-likeness (QED) is 0.530.